The summed E-state index contributed by atoms with van der Waals surface area (Å²) in [5, 5.41) is 5.76. The summed E-state index contributed by atoms with van der Waals surface area (Å²) in [7, 11) is -0.597. The summed E-state index contributed by atoms with van der Waals surface area (Å²) >= 11 is 3.37. The van der Waals surface area contributed by atoms with Gasteiger partial charge in [-0.15, -0.1) is 0 Å². The van der Waals surface area contributed by atoms with Crippen LogP contribution in [0.15, 0.2) is 57.9 Å². The van der Waals surface area contributed by atoms with E-state index >= 15 is 0 Å². The molecule has 2 rings (SSSR count). The number of sulfonamides is 1. The Morgan fingerprint density at radius 2 is 1.84 bits per heavy atom. The van der Waals surface area contributed by atoms with Gasteiger partial charge < -0.3 is 10.6 Å². The lowest BCUT2D eigenvalue weighted by molar-refractivity contribution is -0.119. The molecule has 0 aliphatic heterocycles. The van der Waals surface area contributed by atoms with Crippen molar-refractivity contribution < 1.29 is 13.2 Å². The van der Waals surface area contributed by atoms with Crippen LogP contribution in [0.25, 0.3) is 0 Å². The third-order valence-corrected chi connectivity index (χ3v) is 5.89. The molecule has 2 N–H and O–H groups in total. The van der Waals surface area contributed by atoms with Crippen LogP contribution in [0, 0.1) is 0 Å². The minimum atomic E-state index is -3.55. The molecule has 0 aliphatic rings. The third kappa shape index (κ3) is 5.29. The van der Waals surface area contributed by atoms with Gasteiger partial charge in [0.15, 0.2) is 0 Å². The Morgan fingerprint density at radius 3 is 2.52 bits per heavy atom. The van der Waals surface area contributed by atoms with Gasteiger partial charge in [0.1, 0.15) is 0 Å². The number of benzene rings is 2. The fourth-order valence-electron chi connectivity index (χ4n) is 2.14. The van der Waals surface area contributed by atoms with E-state index in [0.29, 0.717) is 5.56 Å². The Hall–Kier alpha value is -1.90. The lowest BCUT2D eigenvalue weighted by atomic mass is 10.2. The van der Waals surface area contributed by atoms with Gasteiger partial charge in [-0.25, -0.2) is 12.7 Å². The summed E-state index contributed by atoms with van der Waals surface area (Å²) in [4.78, 5) is 12.2. The van der Waals surface area contributed by atoms with Crippen molar-refractivity contribution in [3.63, 3.8) is 0 Å². The maximum atomic E-state index is 12.3. The largest absolute Gasteiger partial charge is 0.376 e. The van der Waals surface area contributed by atoms with Gasteiger partial charge in [0, 0.05) is 30.8 Å². The first kappa shape index (κ1) is 19.4. The first-order chi connectivity index (χ1) is 11.8. The van der Waals surface area contributed by atoms with Gasteiger partial charge in [-0.3, -0.25) is 4.79 Å². The Morgan fingerprint density at radius 1 is 1.12 bits per heavy atom. The van der Waals surface area contributed by atoms with Crippen LogP contribution < -0.4 is 10.6 Å². The lowest BCUT2D eigenvalue weighted by Gasteiger charge is -2.15. The molecule has 2 aromatic rings. The minimum absolute atomic E-state index is 0.0963. The van der Waals surface area contributed by atoms with Crippen molar-refractivity contribution in [3.8, 4) is 0 Å². The SMILES string of the molecule is CN(C)S(=O)(=O)c1ccccc1CNC(=O)CNc1cccc(Br)c1. The van der Waals surface area contributed by atoms with Crippen LogP contribution in [-0.2, 0) is 21.4 Å². The molecule has 0 atom stereocenters. The Bertz CT molecular complexity index is 854. The maximum absolute atomic E-state index is 12.3. The average molecular weight is 426 g/mol. The molecule has 0 radical (unpaired) electrons. The van der Waals surface area contributed by atoms with Crippen molar-refractivity contribution in [2.24, 2.45) is 0 Å². The Kier molecular flexibility index (Phi) is 6.57. The Labute approximate surface area is 156 Å². The van der Waals surface area contributed by atoms with E-state index in [1.807, 2.05) is 24.3 Å². The van der Waals surface area contributed by atoms with E-state index < -0.39 is 10.0 Å². The molecule has 0 spiro atoms. The average Bonchev–Trinajstić information content (AvgIpc) is 2.58. The molecule has 0 bridgehead atoms. The first-order valence-electron chi connectivity index (χ1n) is 7.57. The lowest BCUT2D eigenvalue weighted by Crippen LogP contribution is -2.30. The molecule has 8 heteroatoms. The highest BCUT2D eigenvalue weighted by Gasteiger charge is 2.20. The van der Waals surface area contributed by atoms with Crippen LogP contribution in [0.1, 0.15) is 5.56 Å². The smallest absolute Gasteiger partial charge is 0.242 e. The molecular formula is C17H20BrN3O3S. The summed E-state index contributed by atoms with van der Waals surface area (Å²) in [6, 6.07) is 14.1. The summed E-state index contributed by atoms with van der Waals surface area (Å²) < 4.78 is 26.7. The van der Waals surface area contributed by atoms with Crippen molar-refractivity contribution in [2.45, 2.75) is 11.4 Å². The maximum Gasteiger partial charge on any atom is 0.242 e. The number of amides is 1. The fraction of sp³-hybridized carbons (Fsp3) is 0.235. The van der Waals surface area contributed by atoms with E-state index in [2.05, 4.69) is 26.6 Å². The molecule has 2 aromatic carbocycles. The summed E-state index contributed by atoms with van der Waals surface area (Å²) in [5.74, 6) is -0.225. The number of carbonyl (C=O) groups is 1. The number of rotatable bonds is 7. The monoisotopic (exact) mass is 425 g/mol. The zero-order valence-corrected chi connectivity index (χ0v) is 16.4. The molecule has 1 amide bonds. The van der Waals surface area contributed by atoms with Gasteiger partial charge in [0.25, 0.3) is 0 Å². The van der Waals surface area contributed by atoms with Crippen LogP contribution in [0.3, 0.4) is 0 Å². The second kappa shape index (κ2) is 8.46. The second-order valence-electron chi connectivity index (χ2n) is 5.54. The number of nitrogens with zero attached hydrogens (tertiary/aromatic N) is 1. The molecule has 0 aromatic heterocycles. The summed E-state index contributed by atoms with van der Waals surface area (Å²) in [5.41, 5.74) is 1.37. The van der Waals surface area contributed by atoms with Gasteiger partial charge in [0.05, 0.1) is 11.4 Å². The van der Waals surface area contributed by atoms with Gasteiger partial charge in [-0.1, -0.05) is 40.2 Å². The van der Waals surface area contributed by atoms with Crippen molar-refractivity contribution in [2.75, 3.05) is 26.0 Å². The van der Waals surface area contributed by atoms with Crippen LogP contribution >= 0.6 is 15.9 Å². The third-order valence-electron chi connectivity index (χ3n) is 3.48. The van der Waals surface area contributed by atoms with Crippen LogP contribution in [0.5, 0.6) is 0 Å². The van der Waals surface area contributed by atoms with E-state index in [9.17, 15) is 13.2 Å². The van der Waals surface area contributed by atoms with Crippen LogP contribution in [-0.4, -0.2) is 39.3 Å². The van der Waals surface area contributed by atoms with Crippen molar-refractivity contribution in [3.05, 3.63) is 58.6 Å². The van der Waals surface area contributed by atoms with E-state index in [1.165, 1.54) is 20.2 Å². The fourth-order valence-corrected chi connectivity index (χ4v) is 3.65. The van der Waals surface area contributed by atoms with Crippen LogP contribution in [0.4, 0.5) is 5.69 Å². The Balaban J connectivity index is 1.98. The molecule has 0 heterocycles. The van der Waals surface area contributed by atoms with E-state index in [0.717, 1.165) is 14.5 Å². The summed E-state index contributed by atoms with van der Waals surface area (Å²) in [6.07, 6.45) is 0. The molecule has 0 saturated carbocycles. The minimum Gasteiger partial charge on any atom is -0.376 e. The predicted octanol–water partition coefficient (Wildman–Crippen LogP) is 2.43. The molecule has 0 aliphatic carbocycles. The van der Waals surface area contributed by atoms with Crippen molar-refractivity contribution in [1.82, 2.24) is 9.62 Å². The van der Waals surface area contributed by atoms with Crippen LogP contribution in [0.2, 0.25) is 0 Å². The molecule has 0 saturated heterocycles. The molecule has 25 heavy (non-hydrogen) atoms. The zero-order chi connectivity index (χ0) is 18.4. The first-order valence-corrected chi connectivity index (χ1v) is 9.80. The van der Waals surface area contributed by atoms with E-state index in [1.54, 1.807) is 18.2 Å². The highest BCUT2D eigenvalue weighted by molar-refractivity contribution is 9.10. The molecular weight excluding hydrogens is 406 g/mol. The van der Waals surface area contributed by atoms with Crippen molar-refractivity contribution in [1.29, 1.82) is 0 Å². The number of hydrogen-bond acceptors (Lipinski definition) is 4. The van der Waals surface area contributed by atoms with E-state index in [4.69, 9.17) is 0 Å². The highest BCUT2D eigenvalue weighted by atomic mass is 79.9. The standard InChI is InChI=1S/C17H20BrN3O3S/c1-21(2)25(23,24)16-9-4-3-6-13(16)11-20-17(22)12-19-15-8-5-7-14(18)10-15/h3-10,19H,11-12H2,1-2H3,(H,20,22). The van der Waals surface area contributed by atoms with Crippen molar-refractivity contribution >= 4 is 37.5 Å². The van der Waals surface area contributed by atoms with Gasteiger partial charge >= 0.3 is 0 Å². The van der Waals surface area contributed by atoms with Gasteiger partial charge in [0.2, 0.25) is 15.9 Å². The number of anilines is 1. The topological polar surface area (TPSA) is 78.5 Å². The summed E-state index contributed by atoms with van der Waals surface area (Å²) in [6.45, 7) is 0.237. The highest BCUT2D eigenvalue weighted by Crippen LogP contribution is 2.18. The molecule has 6 nitrogen and oxygen atoms in total. The number of halogens is 1. The number of carbonyl (C=O) groups excluding carboxylic acids is 1. The quantitative estimate of drug-likeness (QED) is 0.713. The molecule has 0 unspecified atom stereocenters. The normalized spacial score (nSPS) is 11.4. The second-order valence-corrected chi connectivity index (χ2v) is 8.57. The number of nitrogens with one attached hydrogen (secondary N) is 2. The van der Waals surface area contributed by atoms with E-state index in [-0.39, 0.29) is 23.9 Å². The zero-order valence-electron chi connectivity index (χ0n) is 14.0. The number of hydrogen-bond donors (Lipinski definition) is 2. The molecule has 134 valence electrons. The van der Waals surface area contributed by atoms with Gasteiger partial charge in [-0.2, -0.15) is 0 Å². The van der Waals surface area contributed by atoms with Gasteiger partial charge in [-0.05, 0) is 29.8 Å². The molecule has 0 fully saturated rings. The predicted molar refractivity (Wildman–Crippen MR) is 102 cm³/mol.